The van der Waals surface area contributed by atoms with Gasteiger partial charge in [-0.05, 0) is 67.0 Å². The number of nitrogens with one attached hydrogen (secondary N) is 1. The van der Waals surface area contributed by atoms with Crippen LogP contribution in [0.5, 0.6) is 0 Å². The second-order valence-electron chi connectivity index (χ2n) is 8.60. The van der Waals surface area contributed by atoms with Gasteiger partial charge < -0.3 is 15.0 Å². The highest BCUT2D eigenvalue weighted by Crippen LogP contribution is 2.39. The number of morpholine rings is 1. The van der Waals surface area contributed by atoms with Gasteiger partial charge in [-0.2, -0.15) is 0 Å². The van der Waals surface area contributed by atoms with Crippen molar-refractivity contribution in [2.24, 2.45) is 4.99 Å². The molecular weight excluding hydrogens is 386 g/mol. The number of aromatic nitrogens is 2. The molecule has 1 aromatic heterocycles. The Morgan fingerprint density at radius 3 is 2.84 bits per heavy atom. The summed E-state index contributed by atoms with van der Waals surface area (Å²) in [5, 5.41) is 4.51. The first-order valence-corrected chi connectivity index (χ1v) is 11.3. The van der Waals surface area contributed by atoms with E-state index in [1.165, 1.54) is 40.0 Å². The number of hydrogen-bond acceptors (Lipinski definition) is 6. The molecule has 0 unspecified atom stereocenters. The third-order valence-corrected chi connectivity index (χ3v) is 6.71. The zero-order valence-corrected chi connectivity index (χ0v) is 17.9. The van der Waals surface area contributed by atoms with E-state index in [9.17, 15) is 0 Å². The molecule has 6 rings (SSSR count). The van der Waals surface area contributed by atoms with Crippen LogP contribution in [0.3, 0.4) is 0 Å². The molecule has 158 valence electrons. The Bertz CT molecular complexity index is 1200. The second kappa shape index (κ2) is 7.61. The van der Waals surface area contributed by atoms with E-state index < -0.39 is 0 Å². The van der Waals surface area contributed by atoms with Gasteiger partial charge in [-0.25, -0.2) is 15.0 Å². The summed E-state index contributed by atoms with van der Waals surface area (Å²) in [5.41, 5.74) is 9.01. The average Bonchev–Trinajstić information content (AvgIpc) is 3.48. The predicted molar refractivity (Wildman–Crippen MR) is 125 cm³/mol. The van der Waals surface area contributed by atoms with Crippen molar-refractivity contribution in [2.75, 3.05) is 43.1 Å². The van der Waals surface area contributed by atoms with E-state index in [1.807, 2.05) is 13.1 Å². The van der Waals surface area contributed by atoms with Crippen LogP contribution in [0.15, 0.2) is 29.3 Å². The first kappa shape index (κ1) is 18.8. The first-order valence-electron chi connectivity index (χ1n) is 11.3. The zero-order chi connectivity index (χ0) is 20.8. The monoisotopic (exact) mass is 413 g/mol. The Balaban J connectivity index is 1.49. The van der Waals surface area contributed by atoms with Gasteiger partial charge in [0.2, 0.25) is 0 Å². The molecule has 1 N–H and O–H groups in total. The molecule has 1 aliphatic carbocycles. The average molecular weight is 414 g/mol. The van der Waals surface area contributed by atoms with Crippen LogP contribution in [0.25, 0.3) is 10.9 Å². The number of ether oxygens (including phenoxy) is 1. The van der Waals surface area contributed by atoms with E-state index >= 15 is 0 Å². The first-order chi connectivity index (χ1) is 15.3. The molecule has 0 atom stereocenters. The van der Waals surface area contributed by atoms with Crippen molar-refractivity contribution in [1.29, 1.82) is 0 Å². The van der Waals surface area contributed by atoms with Crippen LogP contribution in [-0.2, 0) is 24.0 Å². The Hall–Kier alpha value is -2.99. The molecule has 0 radical (unpaired) electrons. The highest BCUT2D eigenvalue weighted by atomic mass is 16.5. The molecule has 3 aliphatic rings. The van der Waals surface area contributed by atoms with E-state index in [2.05, 4.69) is 34.5 Å². The highest BCUT2D eigenvalue weighted by Gasteiger charge is 2.25. The molecular formula is C25H27N5O. The number of hydrogen-bond donors (Lipinski definition) is 1. The van der Waals surface area contributed by atoms with Crippen LogP contribution in [0.2, 0.25) is 0 Å². The van der Waals surface area contributed by atoms with Crippen molar-refractivity contribution in [3.05, 3.63) is 52.3 Å². The fourth-order valence-corrected chi connectivity index (χ4v) is 5.25. The largest absolute Gasteiger partial charge is 0.384 e. The van der Waals surface area contributed by atoms with Gasteiger partial charge in [0.1, 0.15) is 5.82 Å². The van der Waals surface area contributed by atoms with Gasteiger partial charge >= 0.3 is 0 Å². The number of aryl methyl sites for hydroxylation is 2. The van der Waals surface area contributed by atoms with Crippen LogP contribution >= 0.6 is 0 Å². The standard InChI is InChI=1S/C25H27N5O/c1-16-28-24-20-6-3-5-19(20)23(30-10-12-31-13-11-30)14-21(24)25(29-16)27-15-17-4-2-7-22-18(17)8-9-26-22/h2,4,7,14-15,26H,3,5-6,8-13H2,1H3. The van der Waals surface area contributed by atoms with Crippen molar-refractivity contribution in [3.63, 3.8) is 0 Å². The van der Waals surface area contributed by atoms with Crippen LogP contribution in [0, 0.1) is 6.92 Å². The Morgan fingerprint density at radius 2 is 1.94 bits per heavy atom. The normalized spacial score (nSPS) is 17.9. The number of nitrogens with zero attached hydrogens (tertiary/aromatic N) is 4. The van der Waals surface area contributed by atoms with Gasteiger partial charge in [-0.1, -0.05) is 12.1 Å². The lowest BCUT2D eigenvalue weighted by molar-refractivity contribution is 0.122. The molecule has 0 spiro atoms. The van der Waals surface area contributed by atoms with Crippen LogP contribution in [0.1, 0.15) is 34.5 Å². The SMILES string of the molecule is Cc1nc(N=Cc2cccc3c2CCN3)c2cc(N3CCOCC3)c3c(c2n1)CCC3. The lowest BCUT2D eigenvalue weighted by atomic mass is 10.0. The van der Waals surface area contributed by atoms with Crippen molar-refractivity contribution < 1.29 is 4.74 Å². The van der Waals surface area contributed by atoms with Crippen LogP contribution in [0.4, 0.5) is 17.2 Å². The summed E-state index contributed by atoms with van der Waals surface area (Å²) in [6, 6.07) is 8.66. The molecule has 0 bridgehead atoms. The van der Waals surface area contributed by atoms with Gasteiger partial charge in [-0.15, -0.1) is 0 Å². The fraction of sp³-hybridized carbons (Fsp3) is 0.400. The Labute approximate surface area is 182 Å². The topological polar surface area (TPSA) is 62.6 Å². The Kier molecular flexibility index (Phi) is 4.60. The molecule has 6 heteroatoms. The van der Waals surface area contributed by atoms with Crippen LogP contribution in [-0.4, -0.2) is 49.0 Å². The molecule has 3 aromatic rings. The number of benzene rings is 2. The van der Waals surface area contributed by atoms with Crippen molar-refractivity contribution in [1.82, 2.24) is 9.97 Å². The summed E-state index contributed by atoms with van der Waals surface area (Å²) >= 11 is 0. The van der Waals surface area contributed by atoms with Gasteiger partial charge in [0, 0.05) is 42.6 Å². The van der Waals surface area contributed by atoms with E-state index in [1.54, 1.807) is 0 Å². The summed E-state index contributed by atoms with van der Waals surface area (Å²) in [7, 11) is 0. The smallest absolute Gasteiger partial charge is 0.163 e. The maximum Gasteiger partial charge on any atom is 0.163 e. The number of aliphatic imine (C=N–C) groups is 1. The summed E-state index contributed by atoms with van der Waals surface area (Å²) in [6.45, 7) is 6.41. The van der Waals surface area contributed by atoms with Crippen molar-refractivity contribution in [2.45, 2.75) is 32.6 Å². The minimum absolute atomic E-state index is 0.773. The summed E-state index contributed by atoms with van der Waals surface area (Å²) in [4.78, 5) is 17.0. The number of anilines is 2. The van der Waals surface area contributed by atoms with E-state index in [0.717, 1.165) is 74.7 Å². The fourth-order valence-electron chi connectivity index (χ4n) is 5.25. The third kappa shape index (κ3) is 3.26. The summed E-state index contributed by atoms with van der Waals surface area (Å²) < 4.78 is 5.60. The van der Waals surface area contributed by atoms with Gasteiger partial charge in [0.25, 0.3) is 0 Å². The third-order valence-electron chi connectivity index (χ3n) is 6.71. The predicted octanol–water partition coefficient (Wildman–Crippen LogP) is 3.98. The van der Waals surface area contributed by atoms with Crippen LogP contribution < -0.4 is 10.2 Å². The molecule has 1 saturated heterocycles. The quantitative estimate of drug-likeness (QED) is 0.658. The molecule has 1 fully saturated rings. The van der Waals surface area contributed by atoms with Gasteiger partial charge in [0.05, 0.1) is 18.7 Å². The van der Waals surface area contributed by atoms with Crippen molar-refractivity contribution >= 4 is 34.3 Å². The van der Waals surface area contributed by atoms with Gasteiger partial charge in [-0.3, -0.25) is 0 Å². The van der Waals surface area contributed by atoms with E-state index in [4.69, 9.17) is 19.7 Å². The summed E-state index contributed by atoms with van der Waals surface area (Å²) in [6.07, 6.45) is 6.42. The number of rotatable bonds is 3. The highest BCUT2D eigenvalue weighted by molar-refractivity contribution is 5.97. The second-order valence-corrected chi connectivity index (χ2v) is 8.60. The lowest BCUT2D eigenvalue weighted by Gasteiger charge is -2.31. The molecule has 2 aliphatic heterocycles. The van der Waals surface area contributed by atoms with Gasteiger partial charge in [0.15, 0.2) is 5.82 Å². The maximum atomic E-state index is 5.60. The minimum Gasteiger partial charge on any atom is -0.384 e. The maximum absolute atomic E-state index is 5.60. The number of fused-ring (bicyclic) bond motifs is 4. The van der Waals surface area contributed by atoms with E-state index in [0.29, 0.717) is 0 Å². The molecule has 2 aromatic carbocycles. The zero-order valence-electron chi connectivity index (χ0n) is 17.9. The molecule has 0 amide bonds. The Morgan fingerprint density at radius 1 is 1.06 bits per heavy atom. The molecule has 31 heavy (non-hydrogen) atoms. The summed E-state index contributed by atoms with van der Waals surface area (Å²) in [5.74, 6) is 1.56. The minimum atomic E-state index is 0.773. The molecule has 0 saturated carbocycles. The van der Waals surface area contributed by atoms with Crippen molar-refractivity contribution in [3.8, 4) is 0 Å². The van der Waals surface area contributed by atoms with E-state index in [-0.39, 0.29) is 0 Å². The molecule has 3 heterocycles. The molecule has 6 nitrogen and oxygen atoms in total. The lowest BCUT2D eigenvalue weighted by Crippen LogP contribution is -2.36.